The Balaban J connectivity index is 2.70. The minimum atomic E-state index is -0.699. The molecule has 4 heteroatoms. The summed E-state index contributed by atoms with van der Waals surface area (Å²) in [5.74, 6) is 0.226. The summed E-state index contributed by atoms with van der Waals surface area (Å²) in [6.45, 7) is 0. The van der Waals surface area contributed by atoms with Gasteiger partial charge in [-0.3, -0.25) is 4.79 Å². The van der Waals surface area contributed by atoms with Gasteiger partial charge in [0.25, 0.3) is 0 Å². The van der Waals surface area contributed by atoms with Crippen LogP contribution in [0.4, 0.5) is 0 Å². The Hall–Kier alpha value is -1.29. The first kappa shape index (κ1) is 7.81. The van der Waals surface area contributed by atoms with Gasteiger partial charge in [-0.05, 0) is 12.1 Å². The lowest BCUT2D eigenvalue weighted by molar-refractivity contribution is -0.122. The zero-order chi connectivity index (χ0) is 8.27. The molecule has 1 atom stereocenters. The van der Waals surface area contributed by atoms with E-state index >= 15 is 0 Å². The number of carbonyl (C=O) groups is 1. The van der Waals surface area contributed by atoms with Gasteiger partial charge in [0.2, 0.25) is 5.91 Å². The zero-order valence-corrected chi connectivity index (χ0v) is 6.20. The van der Waals surface area contributed by atoms with E-state index in [1.807, 2.05) is 0 Å². The van der Waals surface area contributed by atoms with Crippen molar-refractivity contribution in [1.82, 2.24) is 5.32 Å². The lowest BCUT2D eigenvalue weighted by Crippen LogP contribution is -2.30. The molecular formula is C7H10N2O2. The lowest BCUT2D eigenvalue weighted by atomic mass is 10.2. The Bertz CT molecular complexity index is 231. The van der Waals surface area contributed by atoms with Crippen molar-refractivity contribution in [3.63, 3.8) is 0 Å². The molecule has 3 N–H and O–H groups in total. The molecule has 1 aromatic heterocycles. The third-order valence-electron chi connectivity index (χ3n) is 1.38. The summed E-state index contributed by atoms with van der Waals surface area (Å²) in [5, 5.41) is 2.43. The maximum absolute atomic E-state index is 10.9. The molecule has 1 amide bonds. The molecule has 11 heavy (non-hydrogen) atoms. The zero-order valence-electron chi connectivity index (χ0n) is 6.20. The fourth-order valence-electron chi connectivity index (χ4n) is 0.753. The molecule has 0 saturated carbocycles. The SMILES string of the molecule is CNC(=O)C(N)c1ccco1. The van der Waals surface area contributed by atoms with E-state index in [0.717, 1.165) is 0 Å². The average Bonchev–Trinajstić information content (AvgIpc) is 2.53. The quantitative estimate of drug-likeness (QED) is 0.631. The van der Waals surface area contributed by atoms with Crippen LogP contribution in [0.2, 0.25) is 0 Å². The highest BCUT2D eigenvalue weighted by atomic mass is 16.3. The summed E-state index contributed by atoms with van der Waals surface area (Å²) in [4.78, 5) is 10.9. The summed E-state index contributed by atoms with van der Waals surface area (Å²) in [7, 11) is 1.53. The number of carbonyl (C=O) groups excluding carboxylic acids is 1. The lowest BCUT2D eigenvalue weighted by Gasteiger charge is -2.05. The average molecular weight is 154 g/mol. The first-order valence-corrected chi connectivity index (χ1v) is 3.26. The van der Waals surface area contributed by atoms with Crippen LogP contribution in [0.3, 0.4) is 0 Å². The predicted molar refractivity (Wildman–Crippen MR) is 39.7 cm³/mol. The Morgan fingerprint density at radius 1 is 1.82 bits per heavy atom. The van der Waals surface area contributed by atoms with Crippen molar-refractivity contribution in [2.45, 2.75) is 6.04 Å². The van der Waals surface area contributed by atoms with Crippen LogP contribution in [0.25, 0.3) is 0 Å². The number of nitrogens with one attached hydrogen (secondary N) is 1. The number of likely N-dealkylation sites (N-methyl/N-ethyl adjacent to an activating group) is 1. The molecule has 1 aromatic rings. The van der Waals surface area contributed by atoms with Crippen LogP contribution >= 0.6 is 0 Å². The maximum Gasteiger partial charge on any atom is 0.244 e. The van der Waals surface area contributed by atoms with E-state index in [9.17, 15) is 4.79 Å². The second kappa shape index (κ2) is 3.21. The molecule has 0 aliphatic rings. The molecule has 0 saturated heterocycles. The van der Waals surface area contributed by atoms with E-state index in [2.05, 4.69) is 5.32 Å². The molecule has 1 heterocycles. The normalized spacial score (nSPS) is 12.5. The second-order valence-electron chi connectivity index (χ2n) is 2.11. The molecule has 0 aliphatic heterocycles. The van der Waals surface area contributed by atoms with Crippen molar-refractivity contribution in [2.24, 2.45) is 5.73 Å². The van der Waals surface area contributed by atoms with Gasteiger partial charge in [-0.1, -0.05) is 0 Å². The van der Waals surface area contributed by atoms with Gasteiger partial charge >= 0.3 is 0 Å². The Labute approximate surface area is 64.4 Å². The van der Waals surface area contributed by atoms with Gasteiger partial charge in [0.1, 0.15) is 11.8 Å². The molecule has 0 bridgehead atoms. The fourth-order valence-corrected chi connectivity index (χ4v) is 0.753. The van der Waals surface area contributed by atoms with Gasteiger partial charge in [-0.25, -0.2) is 0 Å². The van der Waals surface area contributed by atoms with Gasteiger partial charge < -0.3 is 15.5 Å². The monoisotopic (exact) mass is 154 g/mol. The Kier molecular flexibility index (Phi) is 2.28. The number of rotatable bonds is 2. The summed E-state index contributed by atoms with van der Waals surface area (Å²) < 4.78 is 4.93. The number of furan rings is 1. The highest BCUT2D eigenvalue weighted by Gasteiger charge is 2.15. The highest BCUT2D eigenvalue weighted by Crippen LogP contribution is 2.09. The molecule has 4 nitrogen and oxygen atoms in total. The fraction of sp³-hybridized carbons (Fsp3) is 0.286. The molecule has 0 aromatic carbocycles. The first-order valence-electron chi connectivity index (χ1n) is 3.26. The van der Waals surface area contributed by atoms with Crippen molar-refractivity contribution in [3.05, 3.63) is 24.2 Å². The molecule has 0 spiro atoms. The number of hydrogen-bond acceptors (Lipinski definition) is 3. The molecule has 1 unspecified atom stereocenters. The van der Waals surface area contributed by atoms with Crippen LogP contribution in [0, 0.1) is 0 Å². The molecule has 0 aliphatic carbocycles. The van der Waals surface area contributed by atoms with Crippen molar-refractivity contribution in [2.75, 3.05) is 7.05 Å². The van der Waals surface area contributed by atoms with Crippen LogP contribution in [0.1, 0.15) is 11.8 Å². The highest BCUT2D eigenvalue weighted by molar-refractivity contribution is 5.81. The van der Waals surface area contributed by atoms with E-state index < -0.39 is 6.04 Å². The largest absolute Gasteiger partial charge is 0.467 e. The maximum atomic E-state index is 10.9. The van der Waals surface area contributed by atoms with E-state index in [4.69, 9.17) is 10.2 Å². The van der Waals surface area contributed by atoms with Crippen LogP contribution in [-0.4, -0.2) is 13.0 Å². The van der Waals surface area contributed by atoms with Gasteiger partial charge in [0.15, 0.2) is 0 Å². The third kappa shape index (κ3) is 1.59. The second-order valence-corrected chi connectivity index (χ2v) is 2.11. The van der Waals surface area contributed by atoms with E-state index in [0.29, 0.717) is 5.76 Å². The number of amides is 1. The topological polar surface area (TPSA) is 68.3 Å². The minimum absolute atomic E-state index is 0.250. The van der Waals surface area contributed by atoms with Crippen molar-refractivity contribution in [1.29, 1.82) is 0 Å². The van der Waals surface area contributed by atoms with Crippen molar-refractivity contribution < 1.29 is 9.21 Å². The number of nitrogens with two attached hydrogens (primary N) is 1. The third-order valence-corrected chi connectivity index (χ3v) is 1.38. The van der Waals surface area contributed by atoms with Crippen LogP contribution in [0.5, 0.6) is 0 Å². The smallest absolute Gasteiger partial charge is 0.244 e. The van der Waals surface area contributed by atoms with E-state index in [1.54, 1.807) is 12.1 Å². The first-order chi connectivity index (χ1) is 5.25. The molecule has 0 fully saturated rings. The van der Waals surface area contributed by atoms with Gasteiger partial charge in [-0.15, -0.1) is 0 Å². The van der Waals surface area contributed by atoms with Gasteiger partial charge in [-0.2, -0.15) is 0 Å². The van der Waals surface area contributed by atoms with E-state index in [-0.39, 0.29) is 5.91 Å². The minimum Gasteiger partial charge on any atom is -0.467 e. The molecular weight excluding hydrogens is 144 g/mol. The summed E-state index contributed by atoms with van der Waals surface area (Å²) in [6, 6.07) is 2.66. The summed E-state index contributed by atoms with van der Waals surface area (Å²) >= 11 is 0. The summed E-state index contributed by atoms with van der Waals surface area (Å²) in [5.41, 5.74) is 5.49. The summed E-state index contributed by atoms with van der Waals surface area (Å²) in [6.07, 6.45) is 1.48. The van der Waals surface area contributed by atoms with E-state index in [1.165, 1.54) is 13.3 Å². The Morgan fingerprint density at radius 3 is 3.00 bits per heavy atom. The number of hydrogen-bond donors (Lipinski definition) is 2. The standard InChI is InChI=1S/C7H10N2O2/c1-9-7(10)6(8)5-3-2-4-11-5/h2-4,6H,8H2,1H3,(H,9,10). The molecule has 0 radical (unpaired) electrons. The van der Waals surface area contributed by atoms with Crippen molar-refractivity contribution in [3.8, 4) is 0 Å². The van der Waals surface area contributed by atoms with Gasteiger partial charge in [0, 0.05) is 7.05 Å². The van der Waals surface area contributed by atoms with Crippen LogP contribution < -0.4 is 11.1 Å². The van der Waals surface area contributed by atoms with Crippen molar-refractivity contribution >= 4 is 5.91 Å². The molecule has 60 valence electrons. The predicted octanol–water partition coefficient (Wildman–Crippen LogP) is 0.0254. The van der Waals surface area contributed by atoms with Crippen LogP contribution in [0.15, 0.2) is 22.8 Å². The van der Waals surface area contributed by atoms with Gasteiger partial charge in [0.05, 0.1) is 6.26 Å². The Morgan fingerprint density at radius 2 is 2.55 bits per heavy atom. The molecule has 1 rings (SSSR count). The van der Waals surface area contributed by atoms with Crippen LogP contribution in [-0.2, 0) is 4.79 Å².